The van der Waals surface area contributed by atoms with E-state index in [0.717, 1.165) is 0 Å². The van der Waals surface area contributed by atoms with E-state index in [4.69, 9.17) is 0 Å². The summed E-state index contributed by atoms with van der Waals surface area (Å²) in [6, 6.07) is 10.3. The highest BCUT2D eigenvalue weighted by Gasteiger charge is 1.98. The van der Waals surface area contributed by atoms with Crippen LogP contribution in [0.1, 0.15) is 26.3 Å². The molecule has 0 atom stereocenters. The van der Waals surface area contributed by atoms with Crippen molar-refractivity contribution in [3.8, 4) is 12.8 Å². The maximum atomic E-state index is 10.3. The highest BCUT2D eigenvalue weighted by Crippen LogP contribution is 1.92. The predicted molar refractivity (Wildman–Crippen MR) is 83.1 cm³/mol. The highest BCUT2D eigenvalue weighted by atomic mass is 16.5. The van der Waals surface area contributed by atoms with Crippen LogP contribution in [-0.4, -0.2) is 25.5 Å². The van der Waals surface area contributed by atoms with Gasteiger partial charge in [0, 0.05) is 6.92 Å². The lowest BCUT2D eigenvalue weighted by Crippen LogP contribution is -2.27. The Morgan fingerprint density at radius 3 is 1.85 bits per heavy atom. The third kappa shape index (κ3) is 21.1. The second kappa shape index (κ2) is 19.1. The molecule has 0 saturated heterocycles. The van der Waals surface area contributed by atoms with Gasteiger partial charge < -0.3 is 10.1 Å². The van der Waals surface area contributed by atoms with Gasteiger partial charge in [0.15, 0.2) is 0 Å². The van der Waals surface area contributed by atoms with Gasteiger partial charge in [-0.05, 0) is 6.92 Å². The zero-order valence-corrected chi connectivity index (χ0v) is 13.0. The van der Waals surface area contributed by atoms with Crippen LogP contribution in [0.25, 0.3) is 0 Å². The number of hydrogen-bond donors (Lipinski definition) is 1. The molecule has 0 aliphatic rings. The number of ether oxygens (including phenoxy) is 1. The van der Waals surface area contributed by atoms with Gasteiger partial charge in [-0.25, -0.2) is 0 Å². The van der Waals surface area contributed by atoms with Gasteiger partial charge in [-0.3, -0.25) is 9.59 Å². The summed E-state index contributed by atoms with van der Waals surface area (Å²) in [5, 5.41) is 2.28. The monoisotopic (exact) mass is 279 g/mol. The van der Waals surface area contributed by atoms with Gasteiger partial charge in [0.2, 0.25) is 5.91 Å². The van der Waals surface area contributed by atoms with Gasteiger partial charge in [0.1, 0.15) is 6.54 Å². The number of hydrogen-bond acceptors (Lipinski definition) is 3. The van der Waals surface area contributed by atoms with Crippen LogP contribution in [0.15, 0.2) is 30.3 Å². The summed E-state index contributed by atoms with van der Waals surface area (Å²) in [7, 11) is 1.27. The molecule has 0 fully saturated rings. The summed E-state index contributed by atoms with van der Waals surface area (Å²) in [5.41, 5.74) is 1.32. The van der Waals surface area contributed by atoms with Crippen LogP contribution in [0.2, 0.25) is 0 Å². The lowest BCUT2D eigenvalue weighted by atomic mass is 10.2. The maximum Gasteiger partial charge on any atom is 0.325 e. The molecule has 0 aliphatic carbocycles. The van der Waals surface area contributed by atoms with Crippen LogP contribution in [0.4, 0.5) is 0 Å². The van der Waals surface area contributed by atoms with E-state index in [1.807, 2.05) is 32.0 Å². The van der Waals surface area contributed by atoms with E-state index in [2.05, 4.69) is 42.0 Å². The molecule has 0 radical (unpaired) electrons. The molecular weight excluding hydrogens is 254 g/mol. The molecule has 0 aliphatic heterocycles. The van der Waals surface area contributed by atoms with Crippen molar-refractivity contribution >= 4 is 11.9 Å². The number of terminal acetylenes is 1. The average Bonchev–Trinajstić information content (AvgIpc) is 2.50. The fourth-order valence-corrected chi connectivity index (χ4v) is 0.803. The van der Waals surface area contributed by atoms with E-state index in [1.54, 1.807) is 0 Å². The summed E-state index contributed by atoms with van der Waals surface area (Å²) in [6.45, 7) is 7.37. The van der Waals surface area contributed by atoms with Crippen LogP contribution in [0.3, 0.4) is 0 Å². The highest BCUT2D eigenvalue weighted by molar-refractivity contribution is 5.80. The van der Waals surface area contributed by atoms with Gasteiger partial charge >= 0.3 is 5.97 Å². The van der Waals surface area contributed by atoms with Gasteiger partial charge in [-0.15, -0.1) is 12.8 Å². The number of esters is 1. The lowest BCUT2D eigenvalue weighted by molar-refractivity contribution is -0.140. The van der Waals surface area contributed by atoms with Crippen LogP contribution in [0.5, 0.6) is 0 Å². The molecular formula is C16H25NO3. The lowest BCUT2D eigenvalue weighted by Gasteiger charge is -1.97. The standard InChI is InChI=1S/C7H8.C5H9NO3.C2H6.C2H2/c1-7-5-3-2-4-6-7;1-4(7)6-3-5(8)9-2;2*1-2/h2-6H,1H3;3H2,1-2H3,(H,6,7);1-2H3;1-2H. The average molecular weight is 279 g/mol. The van der Waals surface area contributed by atoms with Crippen molar-refractivity contribution in [1.82, 2.24) is 5.32 Å². The summed E-state index contributed by atoms with van der Waals surface area (Å²) in [5.74, 6) is -0.675. The Hall–Kier alpha value is -2.28. The Bertz CT molecular complexity index is 358. The number of carbonyl (C=O) groups is 2. The largest absolute Gasteiger partial charge is 0.468 e. The molecule has 1 aromatic carbocycles. The molecule has 1 amide bonds. The van der Waals surface area contributed by atoms with Crippen LogP contribution in [-0.2, 0) is 14.3 Å². The Morgan fingerprint density at radius 1 is 1.15 bits per heavy atom. The Morgan fingerprint density at radius 2 is 1.60 bits per heavy atom. The molecule has 1 aromatic rings. The molecule has 0 bridgehead atoms. The first kappa shape index (κ1) is 22.9. The molecule has 20 heavy (non-hydrogen) atoms. The molecule has 4 nitrogen and oxygen atoms in total. The van der Waals surface area contributed by atoms with Crippen molar-refractivity contribution in [3.63, 3.8) is 0 Å². The van der Waals surface area contributed by atoms with Gasteiger partial charge in [0.05, 0.1) is 7.11 Å². The van der Waals surface area contributed by atoms with Gasteiger partial charge in [-0.1, -0.05) is 49.7 Å². The fourth-order valence-electron chi connectivity index (χ4n) is 0.803. The van der Waals surface area contributed by atoms with Crippen LogP contribution >= 0.6 is 0 Å². The summed E-state index contributed by atoms with van der Waals surface area (Å²) in [4.78, 5) is 20.4. The summed E-state index contributed by atoms with van der Waals surface area (Å²) in [6.07, 6.45) is 8.00. The van der Waals surface area contributed by atoms with E-state index in [1.165, 1.54) is 19.6 Å². The first-order chi connectivity index (χ1) is 9.56. The molecule has 0 heterocycles. The Kier molecular flexibility index (Phi) is 21.8. The van der Waals surface area contributed by atoms with Crippen molar-refractivity contribution in [2.75, 3.05) is 13.7 Å². The zero-order valence-electron chi connectivity index (χ0n) is 13.0. The van der Waals surface area contributed by atoms with E-state index in [-0.39, 0.29) is 12.5 Å². The SMILES string of the molecule is C#C.CC.COC(=O)CNC(C)=O.Cc1ccccc1. The number of amides is 1. The van der Waals surface area contributed by atoms with Crippen molar-refractivity contribution in [1.29, 1.82) is 0 Å². The molecule has 0 unspecified atom stereocenters. The third-order valence-corrected chi connectivity index (χ3v) is 1.65. The molecule has 4 heteroatoms. The Balaban J connectivity index is -0.000000234. The van der Waals surface area contributed by atoms with Crippen LogP contribution < -0.4 is 5.32 Å². The maximum absolute atomic E-state index is 10.3. The molecule has 0 spiro atoms. The molecule has 1 N–H and O–H groups in total. The second-order valence-electron chi connectivity index (χ2n) is 3.14. The van der Waals surface area contributed by atoms with Crippen molar-refractivity contribution < 1.29 is 14.3 Å². The number of rotatable bonds is 2. The normalized spacial score (nSPS) is 7.15. The number of aryl methyl sites for hydroxylation is 1. The van der Waals surface area contributed by atoms with Gasteiger partial charge in [0.25, 0.3) is 0 Å². The minimum atomic E-state index is -0.440. The predicted octanol–water partition coefficient (Wildman–Crippen LogP) is 2.57. The van der Waals surface area contributed by atoms with E-state index in [0.29, 0.717) is 0 Å². The van der Waals surface area contributed by atoms with Crippen LogP contribution in [0, 0.1) is 19.8 Å². The topological polar surface area (TPSA) is 55.4 Å². The minimum absolute atomic E-state index is 0.0498. The summed E-state index contributed by atoms with van der Waals surface area (Å²) >= 11 is 0. The number of methoxy groups -OCH3 is 1. The quantitative estimate of drug-likeness (QED) is 0.668. The van der Waals surface area contributed by atoms with Crippen molar-refractivity contribution in [2.45, 2.75) is 27.7 Å². The third-order valence-electron chi connectivity index (χ3n) is 1.65. The molecule has 0 aromatic heterocycles. The Labute approximate surface area is 122 Å². The molecule has 1 rings (SSSR count). The first-order valence-electron chi connectivity index (χ1n) is 6.22. The van der Waals surface area contributed by atoms with E-state index < -0.39 is 5.97 Å². The smallest absolute Gasteiger partial charge is 0.325 e. The van der Waals surface area contributed by atoms with Crippen molar-refractivity contribution in [3.05, 3.63) is 35.9 Å². The zero-order chi connectivity index (χ0) is 16.4. The molecule has 0 saturated carbocycles. The van der Waals surface area contributed by atoms with Gasteiger partial charge in [-0.2, -0.15) is 0 Å². The summed E-state index contributed by atoms with van der Waals surface area (Å²) < 4.78 is 4.25. The fraction of sp³-hybridized carbons (Fsp3) is 0.375. The molecule has 112 valence electrons. The van der Waals surface area contributed by atoms with Crippen molar-refractivity contribution in [2.24, 2.45) is 0 Å². The number of carbonyl (C=O) groups excluding carboxylic acids is 2. The first-order valence-corrected chi connectivity index (χ1v) is 6.22. The number of benzene rings is 1. The minimum Gasteiger partial charge on any atom is -0.468 e. The van der Waals surface area contributed by atoms with E-state index in [9.17, 15) is 9.59 Å². The second-order valence-corrected chi connectivity index (χ2v) is 3.14. The number of nitrogens with one attached hydrogen (secondary N) is 1. The van der Waals surface area contributed by atoms with E-state index >= 15 is 0 Å².